The summed E-state index contributed by atoms with van der Waals surface area (Å²) in [5.74, 6) is 0. The number of anilines is 1. The van der Waals surface area contributed by atoms with E-state index in [1.165, 1.54) is 11.3 Å². The minimum atomic E-state index is -0.111. The number of aromatic nitrogens is 1. The number of likely N-dealkylation sites (N-methyl/N-ethyl adjacent to an activating group) is 1. The third-order valence-electron chi connectivity index (χ3n) is 2.66. The third-order valence-corrected chi connectivity index (χ3v) is 3.76. The molecule has 19 heavy (non-hydrogen) atoms. The van der Waals surface area contributed by atoms with Crippen molar-refractivity contribution < 1.29 is 9.53 Å². The summed E-state index contributed by atoms with van der Waals surface area (Å²) in [5, 5.41) is 0.874. The second-order valence-corrected chi connectivity index (χ2v) is 6.93. The largest absolute Gasteiger partial charge is 0.377 e. The van der Waals surface area contributed by atoms with Crippen LogP contribution in [-0.2, 0) is 10.2 Å². The molecule has 0 atom stereocenters. The number of nitrogens with zero attached hydrogens (tertiary/aromatic N) is 2. The summed E-state index contributed by atoms with van der Waals surface area (Å²) >= 11 is 1.44. The van der Waals surface area contributed by atoms with Crippen molar-refractivity contribution in [1.82, 2.24) is 4.98 Å². The van der Waals surface area contributed by atoms with Crippen molar-refractivity contribution in [3.8, 4) is 0 Å². The number of aldehydes is 1. The van der Waals surface area contributed by atoms with Crippen molar-refractivity contribution in [3.63, 3.8) is 0 Å². The van der Waals surface area contributed by atoms with Crippen molar-refractivity contribution in [2.45, 2.75) is 46.1 Å². The van der Waals surface area contributed by atoms with Crippen LogP contribution in [-0.4, -0.2) is 37.6 Å². The number of rotatable bonds is 6. The molecule has 0 radical (unpaired) electrons. The van der Waals surface area contributed by atoms with Crippen LogP contribution in [0, 0.1) is 0 Å². The van der Waals surface area contributed by atoms with Gasteiger partial charge in [0.1, 0.15) is 0 Å². The maximum absolute atomic E-state index is 11.1. The zero-order chi connectivity index (χ0) is 14.6. The minimum absolute atomic E-state index is 0.111. The van der Waals surface area contributed by atoms with Gasteiger partial charge in [0.2, 0.25) is 0 Å². The van der Waals surface area contributed by atoms with Gasteiger partial charge in [-0.15, -0.1) is 0 Å². The lowest BCUT2D eigenvalue weighted by molar-refractivity contribution is 0.0846. The molecule has 0 aliphatic heterocycles. The van der Waals surface area contributed by atoms with Gasteiger partial charge in [-0.25, -0.2) is 4.98 Å². The van der Waals surface area contributed by atoms with E-state index in [0.29, 0.717) is 6.61 Å². The maximum Gasteiger partial charge on any atom is 0.186 e. The van der Waals surface area contributed by atoms with Crippen molar-refractivity contribution in [3.05, 3.63) is 10.6 Å². The van der Waals surface area contributed by atoms with E-state index in [9.17, 15) is 4.79 Å². The highest BCUT2D eigenvalue weighted by Crippen LogP contribution is 2.32. The van der Waals surface area contributed by atoms with Crippen molar-refractivity contribution in [2.24, 2.45) is 0 Å². The molecule has 0 aliphatic carbocycles. The molecule has 0 aliphatic rings. The molecule has 0 amide bonds. The molecule has 0 fully saturated rings. The number of carbonyl (C=O) groups is 1. The SMILES string of the molecule is CC(C)OCCN(C)c1nc(C(C)(C)C)c(C=O)s1. The number of hydrogen-bond acceptors (Lipinski definition) is 5. The molecule has 108 valence electrons. The molecule has 1 aromatic heterocycles. The highest BCUT2D eigenvalue weighted by Gasteiger charge is 2.24. The first-order valence-electron chi connectivity index (χ1n) is 6.55. The first-order chi connectivity index (χ1) is 8.75. The van der Waals surface area contributed by atoms with Crippen molar-refractivity contribution in [1.29, 1.82) is 0 Å². The fourth-order valence-corrected chi connectivity index (χ4v) is 2.70. The predicted molar refractivity (Wildman–Crippen MR) is 80.6 cm³/mol. The fourth-order valence-electron chi connectivity index (χ4n) is 1.62. The average molecular weight is 284 g/mol. The van der Waals surface area contributed by atoms with E-state index in [2.05, 4.69) is 25.8 Å². The molecule has 4 nitrogen and oxygen atoms in total. The molecule has 1 heterocycles. The van der Waals surface area contributed by atoms with Crippen LogP contribution in [0.4, 0.5) is 5.13 Å². The van der Waals surface area contributed by atoms with Gasteiger partial charge in [0, 0.05) is 19.0 Å². The van der Waals surface area contributed by atoms with E-state index in [4.69, 9.17) is 4.74 Å². The van der Waals surface area contributed by atoms with Crippen molar-refractivity contribution in [2.75, 3.05) is 25.1 Å². The Bertz CT molecular complexity index is 422. The van der Waals surface area contributed by atoms with Crippen LogP contribution in [0.25, 0.3) is 0 Å². The van der Waals surface area contributed by atoms with Gasteiger partial charge in [-0.3, -0.25) is 4.79 Å². The van der Waals surface area contributed by atoms with E-state index in [1.54, 1.807) is 0 Å². The lowest BCUT2D eigenvalue weighted by Gasteiger charge is -2.18. The van der Waals surface area contributed by atoms with Crippen LogP contribution < -0.4 is 4.90 Å². The molecule has 0 aromatic carbocycles. The van der Waals surface area contributed by atoms with Gasteiger partial charge in [0.05, 0.1) is 23.3 Å². The molecule has 1 rings (SSSR count). The second kappa shape index (κ2) is 6.48. The Labute approximate surface area is 119 Å². The summed E-state index contributed by atoms with van der Waals surface area (Å²) in [6, 6.07) is 0. The van der Waals surface area contributed by atoms with Gasteiger partial charge in [-0.1, -0.05) is 32.1 Å². The monoisotopic (exact) mass is 284 g/mol. The van der Waals surface area contributed by atoms with Crippen LogP contribution in [0.5, 0.6) is 0 Å². The number of thiazole rings is 1. The molecule has 0 saturated carbocycles. The van der Waals surface area contributed by atoms with E-state index in [0.717, 1.165) is 28.5 Å². The maximum atomic E-state index is 11.1. The van der Waals surface area contributed by atoms with Crippen LogP contribution in [0.15, 0.2) is 0 Å². The summed E-state index contributed by atoms with van der Waals surface area (Å²) < 4.78 is 5.53. The quantitative estimate of drug-likeness (QED) is 0.753. The summed E-state index contributed by atoms with van der Waals surface area (Å²) in [6.45, 7) is 11.7. The number of carbonyl (C=O) groups excluding carboxylic acids is 1. The summed E-state index contributed by atoms with van der Waals surface area (Å²) in [7, 11) is 1.98. The molecule has 0 bridgehead atoms. The van der Waals surface area contributed by atoms with Crippen molar-refractivity contribution >= 4 is 22.8 Å². The van der Waals surface area contributed by atoms with Gasteiger partial charge in [0.15, 0.2) is 11.4 Å². The number of hydrogen-bond donors (Lipinski definition) is 0. The highest BCUT2D eigenvalue weighted by atomic mass is 32.1. The molecular formula is C14H24N2O2S. The summed E-state index contributed by atoms with van der Waals surface area (Å²) in [6.07, 6.45) is 1.14. The Balaban J connectivity index is 2.78. The van der Waals surface area contributed by atoms with Gasteiger partial charge in [0.25, 0.3) is 0 Å². The van der Waals surface area contributed by atoms with Gasteiger partial charge >= 0.3 is 0 Å². The van der Waals surface area contributed by atoms with Gasteiger partial charge < -0.3 is 9.64 Å². The molecule has 1 aromatic rings. The second-order valence-electron chi connectivity index (χ2n) is 5.92. The fraction of sp³-hybridized carbons (Fsp3) is 0.714. The van der Waals surface area contributed by atoms with E-state index >= 15 is 0 Å². The Morgan fingerprint density at radius 1 is 1.42 bits per heavy atom. The topological polar surface area (TPSA) is 42.4 Å². The third kappa shape index (κ3) is 4.58. The van der Waals surface area contributed by atoms with E-state index < -0.39 is 0 Å². The van der Waals surface area contributed by atoms with Crippen LogP contribution >= 0.6 is 11.3 Å². The lowest BCUT2D eigenvalue weighted by atomic mass is 9.91. The zero-order valence-corrected chi connectivity index (χ0v) is 13.5. The molecule has 0 N–H and O–H groups in total. The minimum Gasteiger partial charge on any atom is -0.377 e. The van der Waals surface area contributed by atoms with E-state index in [1.807, 2.05) is 25.8 Å². The van der Waals surface area contributed by atoms with Crippen LogP contribution in [0.2, 0.25) is 0 Å². The Morgan fingerprint density at radius 3 is 2.47 bits per heavy atom. The summed E-state index contributed by atoms with van der Waals surface area (Å²) in [5.41, 5.74) is 0.763. The van der Waals surface area contributed by atoms with Crippen LogP contribution in [0.1, 0.15) is 50.0 Å². The van der Waals surface area contributed by atoms with E-state index in [-0.39, 0.29) is 11.5 Å². The van der Waals surface area contributed by atoms with Gasteiger partial charge in [-0.2, -0.15) is 0 Å². The Kier molecular flexibility index (Phi) is 5.50. The Morgan fingerprint density at radius 2 is 2.05 bits per heavy atom. The molecule has 0 unspecified atom stereocenters. The first-order valence-corrected chi connectivity index (χ1v) is 7.36. The Hall–Kier alpha value is -0.940. The average Bonchev–Trinajstić information content (AvgIpc) is 2.71. The molecular weight excluding hydrogens is 260 g/mol. The first kappa shape index (κ1) is 16.1. The van der Waals surface area contributed by atoms with Gasteiger partial charge in [-0.05, 0) is 13.8 Å². The number of ether oxygens (including phenoxy) is 1. The zero-order valence-electron chi connectivity index (χ0n) is 12.7. The lowest BCUT2D eigenvalue weighted by Crippen LogP contribution is -2.24. The summed E-state index contributed by atoms with van der Waals surface area (Å²) in [4.78, 5) is 18.5. The van der Waals surface area contributed by atoms with Crippen LogP contribution in [0.3, 0.4) is 0 Å². The molecule has 0 spiro atoms. The molecule has 5 heteroatoms. The standard InChI is InChI=1S/C14H24N2O2S/c1-10(2)18-8-7-16(6)13-15-12(14(3,4)5)11(9-17)19-13/h9-10H,7-8H2,1-6H3. The smallest absolute Gasteiger partial charge is 0.186 e. The predicted octanol–water partition coefficient (Wildman–Crippen LogP) is 3.11. The molecule has 0 saturated heterocycles. The normalized spacial score (nSPS) is 11.9. The highest BCUT2D eigenvalue weighted by molar-refractivity contribution is 7.17.